The predicted molar refractivity (Wildman–Crippen MR) is 251 cm³/mol. The molecule has 352 valence electrons. The standard InChI is InChI=1S/C50H87O10P/c1-3-5-7-9-11-13-15-17-19-21-23-25-27-29-31-33-35-37-39-41-49(53)57-45-48(46-59-61(55,56)58-44-47(52)43-51)60-50(54)42-40-38-36-34-32-30-28-26-24-22-20-18-16-14-12-10-8-6-4-2/h11-14,17-20,23,25,29,31,47-48,51-52H,3-10,15-16,21-22,24,26-28,30,32-46H2,1-2H3,(H,55,56)/b13-11-,14-12-,19-17-,20-18-,25-23-,31-29-/t47-,48+/m0/s1. The molecule has 1 unspecified atom stereocenters. The molecule has 0 saturated carbocycles. The van der Waals surface area contributed by atoms with Gasteiger partial charge in [0.2, 0.25) is 0 Å². The molecule has 3 N–H and O–H groups in total. The van der Waals surface area contributed by atoms with Crippen LogP contribution in [0.25, 0.3) is 0 Å². The third kappa shape index (κ3) is 45.3. The second kappa shape index (κ2) is 45.4. The van der Waals surface area contributed by atoms with Crippen LogP contribution in [-0.2, 0) is 32.7 Å². The number of carbonyl (C=O) groups is 2. The first-order valence-electron chi connectivity index (χ1n) is 23.9. The van der Waals surface area contributed by atoms with Crippen LogP contribution in [0.15, 0.2) is 72.9 Å². The molecule has 0 fully saturated rings. The first-order chi connectivity index (χ1) is 29.7. The summed E-state index contributed by atoms with van der Waals surface area (Å²) >= 11 is 0. The van der Waals surface area contributed by atoms with Crippen molar-refractivity contribution < 1.29 is 47.8 Å². The zero-order chi connectivity index (χ0) is 44.8. The minimum absolute atomic E-state index is 0.169. The van der Waals surface area contributed by atoms with Gasteiger partial charge in [-0.15, -0.1) is 0 Å². The van der Waals surface area contributed by atoms with E-state index >= 15 is 0 Å². The molecule has 11 heteroatoms. The predicted octanol–water partition coefficient (Wildman–Crippen LogP) is 13.2. The summed E-state index contributed by atoms with van der Waals surface area (Å²) < 4.78 is 32.8. The van der Waals surface area contributed by atoms with Gasteiger partial charge in [0, 0.05) is 12.8 Å². The number of ether oxygens (including phenoxy) is 2. The van der Waals surface area contributed by atoms with Crippen LogP contribution in [0.3, 0.4) is 0 Å². The van der Waals surface area contributed by atoms with Crippen LogP contribution in [-0.4, -0.2) is 65.7 Å². The fraction of sp³-hybridized carbons (Fsp3) is 0.720. The van der Waals surface area contributed by atoms with E-state index in [1.54, 1.807) is 0 Å². The highest BCUT2D eigenvalue weighted by atomic mass is 31.2. The maximum Gasteiger partial charge on any atom is 0.472 e. The van der Waals surface area contributed by atoms with Crippen molar-refractivity contribution in [1.29, 1.82) is 0 Å². The lowest BCUT2D eigenvalue weighted by molar-refractivity contribution is -0.161. The molecule has 0 aromatic carbocycles. The number of unbranched alkanes of at least 4 members (excludes halogenated alkanes) is 18. The third-order valence-corrected chi connectivity index (χ3v) is 10.8. The van der Waals surface area contributed by atoms with Crippen molar-refractivity contribution in [2.24, 2.45) is 0 Å². The van der Waals surface area contributed by atoms with Crippen molar-refractivity contribution in [3.05, 3.63) is 72.9 Å². The van der Waals surface area contributed by atoms with E-state index in [-0.39, 0.29) is 19.4 Å². The SMILES string of the molecule is CCCCC/C=C\C/C=C\C/C=C\C/C=C\CCCCCC(=O)OC[C@H](COP(=O)(O)OC[C@@H](O)CO)OC(=O)CCCCCCCCCCC/C=C\C/C=C\CCCCC. The number of hydrogen-bond acceptors (Lipinski definition) is 9. The lowest BCUT2D eigenvalue weighted by atomic mass is 10.1. The van der Waals surface area contributed by atoms with Gasteiger partial charge in [-0.25, -0.2) is 4.57 Å². The molecule has 10 nitrogen and oxygen atoms in total. The molecule has 3 atom stereocenters. The fourth-order valence-electron chi connectivity index (χ4n) is 6.12. The zero-order valence-corrected chi connectivity index (χ0v) is 39.3. The van der Waals surface area contributed by atoms with E-state index in [1.165, 1.54) is 83.5 Å². The summed E-state index contributed by atoms with van der Waals surface area (Å²) in [4.78, 5) is 35.1. The van der Waals surface area contributed by atoms with Gasteiger partial charge in [-0.1, -0.05) is 164 Å². The molecule has 0 heterocycles. The third-order valence-electron chi connectivity index (χ3n) is 9.83. The number of allylic oxidation sites excluding steroid dienone is 12. The summed E-state index contributed by atoms with van der Waals surface area (Å²) in [6.07, 6.45) is 52.9. The van der Waals surface area contributed by atoms with Gasteiger partial charge in [-0.2, -0.15) is 0 Å². The number of aliphatic hydroxyl groups is 2. The number of esters is 2. The minimum Gasteiger partial charge on any atom is -0.462 e. The Bertz CT molecular complexity index is 1240. The first kappa shape index (κ1) is 58.4. The van der Waals surface area contributed by atoms with Crippen LogP contribution in [0.2, 0.25) is 0 Å². The maximum absolute atomic E-state index is 12.7. The van der Waals surface area contributed by atoms with Gasteiger partial charge in [0.15, 0.2) is 6.10 Å². The molecule has 0 aliphatic rings. The van der Waals surface area contributed by atoms with E-state index in [0.29, 0.717) is 12.8 Å². The van der Waals surface area contributed by atoms with Crippen molar-refractivity contribution in [3.8, 4) is 0 Å². The molecule has 0 aliphatic carbocycles. The van der Waals surface area contributed by atoms with Crippen LogP contribution < -0.4 is 0 Å². The average Bonchev–Trinajstić information content (AvgIpc) is 3.25. The highest BCUT2D eigenvalue weighted by Gasteiger charge is 2.27. The number of carbonyl (C=O) groups excluding carboxylic acids is 2. The quantitative estimate of drug-likeness (QED) is 0.0234. The Labute approximate surface area is 371 Å². The van der Waals surface area contributed by atoms with E-state index in [2.05, 4.69) is 86.8 Å². The Morgan fingerprint density at radius 3 is 1.30 bits per heavy atom. The Kier molecular flexibility index (Phi) is 43.5. The van der Waals surface area contributed by atoms with E-state index in [1.807, 2.05) is 0 Å². The molecule has 0 saturated heterocycles. The molecule has 0 bridgehead atoms. The summed E-state index contributed by atoms with van der Waals surface area (Å²) in [5, 5.41) is 18.4. The van der Waals surface area contributed by atoms with Crippen molar-refractivity contribution in [1.82, 2.24) is 0 Å². The summed E-state index contributed by atoms with van der Waals surface area (Å²) in [6, 6.07) is 0. The first-order valence-corrected chi connectivity index (χ1v) is 25.4. The average molecular weight is 879 g/mol. The monoisotopic (exact) mass is 879 g/mol. The molecule has 0 aromatic heterocycles. The summed E-state index contributed by atoms with van der Waals surface area (Å²) in [5.41, 5.74) is 0. The molecule has 0 rings (SSSR count). The van der Waals surface area contributed by atoms with E-state index < -0.39 is 51.8 Å². The smallest absolute Gasteiger partial charge is 0.462 e. The lowest BCUT2D eigenvalue weighted by Crippen LogP contribution is -2.29. The molecule has 0 amide bonds. The van der Waals surface area contributed by atoms with Crippen LogP contribution >= 0.6 is 7.82 Å². The fourth-order valence-corrected chi connectivity index (χ4v) is 6.91. The molecular formula is C50H87O10P. The Balaban J connectivity index is 4.31. The van der Waals surface area contributed by atoms with E-state index in [0.717, 1.165) is 70.6 Å². The molecule has 0 radical (unpaired) electrons. The largest absolute Gasteiger partial charge is 0.472 e. The summed E-state index contributed by atoms with van der Waals surface area (Å²) in [5.74, 6) is -0.968. The Morgan fingerprint density at radius 1 is 0.492 bits per heavy atom. The second-order valence-corrected chi connectivity index (χ2v) is 17.2. The van der Waals surface area contributed by atoms with Crippen LogP contribution in [0.5, 0.6) is 0 Å². The van der Waals surface area contributed by atoms with Crippen molar-refractivity contribution in [2.75, 3.05) is 26.4 Å². The number of aliphatic hydroxyl groups excluding tert-OH is 2. The van der Waals surface area contributed by atoms with Gasteiger partial charge in [-0.05, 0) is 89.9 Å². The summed E-state index contributed by atoms with van der Waals surface area (Å²) in [7, 11) is -4.63. The van der Waals surface area contributed by atoms with Gasteiger partial charge in [0.25, 0.3) is 0 Å². The number of phosphoric ester groups is 1. The van der Waals surface area contributed by atoms with Gasteiger partial charge in [0.05, 0.1) is 19.8 Å². The van der Waals surface area contributed by atoms with E-state index in [9.17, 15) is 24.2 Å². The highest BCUT2D eigenvalue weighted by Crippen LogP contribution is 2.43. The normalized spacial score (nSPS) is 14.4. The van der Waals surface area contributed by atoms with Crippen LogP contribution in [0, 0.1) is 0 Å². The Hall–Kier alpha value is -2.59. The van der Waals surface area contributed by atoms with Crippen LogP contribution in [0.1, 0.15) is 194 Å². The zero-order valence-electron chi connectivity index (χ0n) is 38.4. The lowest BCUT2D eigenvalue weighted by Gasteiger charge is -2.20. The second-order valence-electron chi connectivity index (χ2n) is 15.8. The Morgan fingerprint density at radius 2 is 0.852 bits per heavy atom. The van der Waals surface area contributed by atoms with Gasteiger partial charge < -0.3 is 24.6 Å². The van der Waals surface area contributed by atoms with Gasteiger partial charge in [-0.3, -0.25) is 18.6 Å². The summed E-state index contributed by atoms with van der Waals surface area (Å²) in [6.45, 7) is 2.29. The maximum atomic E-state index is 12.7. The molecule has 61 heavy (non-hydrogen) atoms. The van der Waals surface area contributed by atoms with E-state index in [4.69, 9.17) is 23.6 Å². The topological polar surface area (TPSA) is 149 Å². The van der Waals surface area contributed by atoms with Gasteiger partial charge >= 0.3 is 19.8 Å². The van der Waals surface area contributed by atoms with Gasteiger partial charge in [0.1, 0.15) is 12.7 Å². The highest BCUT2D eigenvalue weighted by molar-refractivity contribution is 7.47. The molecule has 0 aliphatic heterocycles. The van der Waals surface area contributed by atoms with Crippen molar-refractivity contribution >= 4 is 19.8 Å². The number of rotatable bonds is 44. The van der Waals surface area contributed by atoms with Crippen molar-refractivity contribution in [3.63, 3.8) is 0 Å². The number of hydrogen-bond donors (Lipinski definition) is 3. The number of phosphoric acid groups is 1. The molecule has 0 spiro atoms. The molecule has 0 aromatic rings. The van der Waals surface area contributed by atoms with Crippen LogP contribution in [0.4, 0.5) is 0 Å². The minimum atomic E-state index is -4.63. The molecular weight excluding hydrogens is 792 g/mol. The van der Waals surface area contributed by atoms with Crippen molar-refractivity contribution in [2.45, 2.75) is 206 Å².